The minimum absolute atomic E-state index is 0.598. The predicted molar refractivity (Wildman–Crippen MR) is 77.3 cm³/mol. The van der Waals surface area contributed by atoms with Gasteiger partial charge in [0.05, 0.1) is 23.6 Å². The Morgan fingerprint density at radius 2 is 1.89 bits per heavy atom. The third kappa shape index (κ3) is 3.08. The standard InChI is InChI=1S/C15H21N3O/c1-3-13-15(16)14(4-2)18(17-13)10-11-19-12-8-6-5-7-9-12/h5-9H,3-4,10-11,16H2,1-2H3. The van der Waals surface area contributed by atoms with Gasteiger partial charge in [0.25, 0.3) is 0 Å². The lowest BCUT2D eigenvalue weighted by Gasteiger charge is -2.08. The number of nitrogen functional groups attached to an aromatic ring is 1. The second-order valence-electron chi connectivity index (χ2n) is 4.40. The number of nitrogens with two attached hydrogens (primary N) is 1. The molecule has 0 fully saturated rings. The van der Waals surface area contributed by atoms with Crippen LogP contribution in [0.3, 0.4) is 0 Å². The summed E-state index contributed by atoms with van der Waals surface area (Å²) in [7, 11) is 0. The maximum absolute atomic E-state index is 6.08. The third-order valence-electron chi connectivity index (χ3n) is 3.16. The lowest BCUT2D eigenvalue weighted by Crippen LogP contribution is -2.12. The number of nitrogens with zero attached hydrogens (tertiary/aromatic N) is 2. The molecular weight excluding hydrogens is 238 g/mol. The molecule has 0 saturated heterocycles. The molecule has 0 saturated carbocycles. The average Bonchev–Trinajstić information content (AvgIpc) is 2.75. The van der Waals surface area contributed by atoms with E-state index in [4.69, 9.17) is 10.5 Å². The normalized spacial score (nSPS) is 10.6. The van der Waals surface area contributed by atoms with Crippen LogP contribution in [0.4, 0.5) is 5.69 Å². The van der Waals surface area contributed by atoms with Crippen LogP contribution in [0.1, 0.15) is 25.2 Å². The van der Waals surface area contributed by atoms with Crippen LogP contribution in [-0.2, 0) is 19.4 Å². The SMILES string of the molecule is CCc1nn(CCOc2ccccc2)c(CC)c1N. The molecule has 4 nitrogen and oxygen atoms in total. The highest BCUT2D eigenvalue weighted by atomic mass is 16.5. The number of para-hydroxylation sites is 1. The summed E-state index contributed by atoms with van der Waals surface area (Å²) in [4.78, 5) is 0. The molecule has 0 radical (unpaired) electrons. The van der Waals surface area contributed by atoms with E-state index >= 15 is 0 Å². The number of hydrogen-bond acceptors (Lipinski definition) is 3. The van der Waals surface area contributed by atoms with Gasteiger partial charge in [0.15, 0.2) is 0 Å². The summed E-state index contributed by atoms with van der Waals surface area (Å²) in [5, 5.41) is 4.54. The van der Waals surface area contributed by atoms with Crippen LogP contribution < -0.4 is 10.5 Å². The number of rotatable bonds is 6. The summed E-state index contributed by atoms with van der Waals surface area (Å²) < 4.78 is 7.66. The lowest BCUT2D eigenvalue weighted by atomic mass is 10.2. The van der Waals surface area contributed by atoms with Crippen molar-refractivity contribution in [1.82, 2.24) is 9.78 Å². The second-order valence-corrected chi connectivity index (χ2v) is 4.40. The van der Waals surface area contributed by atoms with Crippen molar-refractivity contribution in [2.75, 3.05) is 12.3 Å². The fraction of sp³-hybridized carbons (Fsp3) is 0.400. The lowest BCUT2D eigenvalue weighted by molar-refractivity contribution is 0.289. The van der Waals surface area contributed by atoms with E-state index in [1.54, 1.807) is 0 Å². The Morgan fingerprint density at radius 3 is 2.53 bits per heavy atom. The second kappa shape index (κ2) is 6.27. The summed E-state index contributed by atoms with van der Waals surface area (Å²) >= 11 is 0. The minimum atomic E-state index is 0.598. The average molecular weight is 259 g/mol. The summed E-state index contributed by atoms with van der Waals surface area (Å²) in [6.07, 6.45) is 1.76. The summed E-state index contributed by atoms with van der Waals surface area (Å²) in [6, 6.07) is 9.82. The number of aromatic nitrogens is 2. The monoisotopic (exact) mass is 259 g/mol. The Balaban J connectivity index is 1.99. The van der Waals surface area contributed by atoms with Gasteiger partial charge < -0.3 is 10.5 Å². The molecule has 1 aromatic carbocycles. The zero-order valence-electron chi connectivity index (χ0n) is 11.6. The quantitative estimate of drug-likeness (QED) is 0.867. The fourth-order valence-corrected chi connectivity index (χ4v) is 2.15. The number of hydrogen-bond donors (Lipinski definition) is 1. The molecular formula is C15H21N3O. The molecule has 0 unspecified atom stereocenters. The number of benzene rings is 1. The van der Waals surface area contributed by atoms with Gasteiger partial charge in [0.2, 0.25) is 0 Å². The molecule has 2 aromatic rings. The van der Waals surface area contributed by atoms with Crippen molar-refractivity contribution in [3.8, 4) is 5.75 Å². The molecule has 2 rings (SSSR count). The molecule has 0 aliphatic heterocycles. The van der Waals surface area contributed by atoms with Crippen molar-refractivity contribution in [3.05, 3.63) is 41.7 Å². The van der Waals surface area contributed by atoms with E-state index in [9.17, 15) is 0 Å². The molecule has 0 aliphatic carbocycles. The highest BCUT2D eigenvalue weighted by molar-refractivity contribution is 5.48. The van der Waals surface area contributed by atoms with Gasteiger partial charge >= 0.3 is 0 Å². The smallest absolute Gasteiger partial charge is 0.119 e. The van der Waals surface area contributed by atoms with Crippen molar-refractivity contribution < 1.29 is 4.74 Å². The zero-order chi connectivity index (χ0) is 13.7. The van der Waals surface area contributed by atoms with Crippen molar-refractivity contribution in [1.29, 1.82) is 0 Å². The number of aryl methyl sites for hydroxylation is 1. The van der Waals surface area contributed by atoms with E-state index in [0.717, 1.165) is 42.2 Å². The molecule has 1 heterocycles. The van der Waals surface area contributed by atoms with Gasteiger partial charge in [0.1, 0.15) is 12.4 Å². The van der Waals surface area contributed by atoms with Crippen LogP contribution in [0, 0.1) is 0 Å². The van der Waals surface area contributed by atoms with E-state index in [-0.39, 0.29) is 0 Å². The molecule has 19 heavy (non-hydrogen) atoms. The van der Waals surface area contributed by atoms with Gasteiger partial charge in [-0.05, 0) is 25.0 Å². The van der Waals surface area contributed by atoms with Gasteiger partial charge in [0, 0.05) is 0 Å². The van der Waals surface area contributed by atoms with Crippen molar-refractivity contribution in [2.24, 2.45) is 0 Å². The number of anilines is 1. The molecule has 1 aromatic heterocycles. The topological polar surface area (TPSA) is 53.1 Å². The minimum Gasteiger partial charge on any atom is -0.492 e. The Bertz CT molecular complexity index is 520. The Morgan fingerprint density at radius 1 is 1.16 bits per heavy atom. The first-order valence-corrected chi connectivity index (χ1v) is 6.78. The van der Waals surface area contributed by atoms with Crippen LogP contribution in [0.15, 0.2) is 30.3 Å². The van der Waals surface area contributed by atoms with Crippen molar-refractivity contribution in [3.63, 3.8) is 0 Å². The van der Waals surface area contributed by atoms with E-state index in [1.165, 1.54) is 0 Å². The van der Waals surface area contributed by atoms with Gasteiger partial charge in [-0.25, -0.2) is 0 Å². The van der Waals surface area contributed by atoms with Crippen LogP contribution in [0.2, 0.25) is 0 Å². The molecule has 0 amide bonds. The molecule has 102 valence electrons. The van der Waals surface area contributed by atoms with Crippen molar-refractivity contribution in [2.45, 2.75) is 33.2 Å². The first-order valence-electron chi connectivity index (χ1n) is 6.78. The van der Waals surface area contributed by atoms with Gasteiger partial charge in [-0.2, -0.15) is 5.10 Å². The highest BCUT2D eigenvalue weighted by Crippen LogP contribution is 2.18. The van der Waals surface area contributed by atoms with Crippen LogP contribution in [0.25, 0.3) is 0 Å². The van der Waals surface area contributed by atoms with Crippen LogP contribution >= 0.6 is 0 Å². The van der Waals surface area contributed by atoms with E-state index in [0.29, 0.717) is 6.61 Å². The highest BCUT2D eigenvalue weighted by Gasteiger charge is 2.12. The van der Waals surface area contributed by atoms with Crippen LogP contribution in [0.5, 0.6) is 5.75 Å². The Labute approximate surface area is 114 Å². The molecule has 2 N–H and O–H groups in total. The first-order chi connectivity index (χ1) is 9.26. The Kier molecular flexibility index (Phi) is 4.44. The molecule has 0 bridgehead atoms. The van der Waals surface area contributed by atoms with E-state index in [1.807, 2.05) is 35.0 Å². The Hall–Kier alpha value is -1.97. The molecule has 4 heteroatoms. The summed E-state index contributed by atoms with van der Waals surface area (Å²) in [5.41, 5.74) is 9.01. The van der Waals surface area contributed by atoms with Crippen LogP contribution in [-0.4, -0.2) is 16.4 Å². The van der Waals surface area contributed by atoms with Gasteiger partial charge in [-0.15, -0.1) is 0 Å². The first kappa shape index (κ1) is 13.5. The van der Waals surface area contributed by atoms with Gasteiger partial charge in [-0.3, -0.25) is 4.68 Å². The molecule has 0 atom stereocenters. The number of ether oxygens (including phenoxy) is 1. The predicted octanol–water partition coefficient (Wildman–Crippen LogP) is 2.67. The summed E-state index contributed by atoms with van der Waals surface area (Å²) in [6.45, 7) is 5.49. The largest absolute Gasteiger partial charge is 0.492 e. The molecule has 0 aliphatic rings. The van der Waals surface area contributed by atoms with Gasteiger partial charge in [-0.1, -0.05) is 32.0 Å². The third-order valence-corrected chi connectivity index (χ3v) is 3.16. The zero-order valence-corrected chi connectivity index (χ0v) is 11.6. The molecule has 0 spiro atoms. The van der Waals surface area contributed by atoms with E-state index < -0.39 is 0 Å². The fourth-order valence-electron chi connectivity index (χ4n) is 2.15. The maximum atomic E-state index is 6.08. The summed E-state index contributed by atoms with van der Waals surface area (Å²) in [5.74, 6) is 0.886. The van der Waals surface area contributed by atoms with Crippen molar-refractivity contribution >= 4 is 5.69 Å². The van der Waals surface area contributed by atoms with E-state index in [2.05, 4.69) is 18.9 Å². The maximum Gasteiger partial charge on any atom is 0.119 e.